The Morgan fingerprint density at radius 2 is 0.627 bits per heavy atom. The normalized spacial score (nSPS) is 13.2. The van der Waals surface area contributed by atoms with E-state index in [2.05, 4.69) is 142 Å². The Kier molecular flexibility index (Phi) is 50.6. The molecule has 0 N–H and O–H groups in total. The Labute approximate surface area is 411 Å². The van der Waals surface area contributed by atoms with Crippen LogP contribution in [-0.2, 0) is 28.6 Å². The second kappa shape index (κ2) is 54.2. The average molecular weight is 925 g/mol. The number of allylic oxidation sites excluding steroid dienone is 22. The first kappa shape index (κ1) is 62.5. The SMILES string of the molecule is CC/C=C\C/C=C\C/C=C\C/C=C\C/C=C\CCCCCC(=O)O[C@H](COC(=O)CC/C=C\C/C=C\C/C=C\C/C=C\C/C=C\CCCCC)COC(=O)CCCCCCC/C=C\CCCC. The molecule has 6 nitrogen and oxygen atoms in total. The van der Waals surface area contributed by atoms with E-state index < -0.39 is 6.10 Å². The van der Waals surface area contributed by atoms with E-state index in [4.69, 9.17) is 14.2 Å². The summed E-state index contributed by atoms with van der Waals surface area (Å²) in [7, 11) is 0. The molecular formula is C61H96O6. The Hall–Kier alpha value is -4.45. The molecule has 0 aliphatic carbocycles. The van der Waals surface area contributed by atoms with E-state index in [1.54, 1.807) is 0 Å². The lowest BCUT2D eigenvalue weighted by Crippen LogP contribution is -2.30. The van der Waals surface area contributed by atoms with Crippen molar-refractivity contribution in [3.05, 3.63) is 134 Å². The van der Waals surface area contributed by atoms with Crippen molar-refractivity contribution in [2.45, 2.75) is 219 Å². The fourth-order valence-electron chi connectivity index (χ4n) is 6.61. The van der Waals surface area contributed by atoms with Crippen LogP contribution in [0.2, 0.25) is 0 Å². The number of esters is 3. The molecule has 0 spiro atoms. The number of unbranched alkanes of at least 4 members (excludes halogenated alkanes) is 13. The van der Waals surface area contributed by atoms with E-state index in [1.807, 2.05) is 12.2 Å². The van der Waals surface area contributed by atoms with Crippen molar-refractivity contribution in [2.24, 2.45) is 0 Å². The van der Waals surface area contributed by atoms with Crippen molar-refractivity contribution < 1.29 is 28.6 Å². The number of carbonyl (C=O) groups is 3. The molecule has 6 heteroatoms. The van der Waals surface area contributed by atoms with Crippen molar-refractivity contribution in [1.82, 2.24) is 0 Å². The molecule has 0 rings (SSSR count). The molecule has 0 unspecified atom stereocenters. The molecule has 376 valence electrons. The molecule has 0 heterocycles. The summed E-state index contributed by atoms with van der Waals surface area (Å²) in [6.45, 7) is 6.34. The predicted molar refractivity (Wildman–Crippen MR) is 288 cm³/mol. The van der Waals surface area contributed by atoms with Gasteiger partial charge in [0.2, 0.25) is 0 Å². The zero-order valence-corrected chi connectivity index (χ0v) is 42.9. The minimum atomic E-state index is -0.833. The third-order valence-electron chi connectivity index (χ3n) is 10.6. The zero-order valence-electron chi connectivity index (χ0n) is 42.9. The molecule has 0 aliphatic heterocycles. The summed E-state index contributed by atoms with van der Waals surface area (Å²) in [5.41, 5.74) is 0. The number of rotatable bonds is 46. The molecule has 0 aromatic heterocycles. The smallest absolute Gasteiger partial charge is 0.306 e. The van der Waals surface area contributed by atoms with Crippen molar-refractivity contribution in [3.63, 3.8) is 0 Å². The molecular weight excluding hydrogens is 829 g/mol. The second-order valence-electron chi connectivity index (χ2n) is 17.0. The molecule has 0 amide bonds. The lowest BCUT2D eigenvalue weighted by Gasteiger charge is -2.18. The first-order valence-electron chi connectivity index (χ1n) is 26.7. The fraction of sp³-hybridized carbons (Fsp3) is 0.590. The average Bonchev–Trinajstić information content (AvgIpc) is 3.33. The molecule has 0 radical (unpaired) electrons. The Morgan fingerprint density at radius 1 is 0.313 bits per heavy atom. The number of hydrogen-bond acceptors (Lipinski definition) is 6. The Balaban J connectivity index is 4.57. The van der Waals surface area contributed by atoms with Crippen LogP contribution in [0.3, 0.4) is 0 Å². The molecule has 0 aliphatic rings. The van der Waals surface area contributed by atoms with Crippen LogP contribution >= 0.6 is 0 Å². The van der Waals surface area contributed by atoms with Crippen LogP contribution in [0.25, 0.3) is 0 Å². The fourth-order valence-corrected chi connectivity index (χ4v) is 6.61. The minimum Gasteiger partial charge on any atom is -0.462 e. The maximum Gasteiger partial charge on any atom is 0.306 e. The van der Waals surface area contributed by atoms with Crippen molar-refractivity contribution in [1.29, 1.82) is 0 Å². The minimum absolute atomic E-state index is 0.124. The largest absolute Gasteiger partial charge is 0.462 e. The van der Waals surface area contributed by atoms with Gasteiger partial charge in [-0.15, -0.1) is 0 Å². The summed E-state index contributed by atoms with van der Waals surface area (Å²) >= 11 is 0. The van der Waals surface area contributed by atoms with E-state index in [0.717, 1.165) is 109 Å². The standard InChI is InChI=1S/C61H96O6/c1-4-7-10-13-16-19-22-24-26-28-30-32-34-36-39-42-45-48-51-54-60(63)66-57-58(56-65-59(62)53-50-47-44-41-38-21-18-15-12-9-6-3)67-61(64)55-52-49-46-43-40-37-35-33-31-29-27-25-23-20-17-14-11-8-5-2/h8,11,15-20,24-27,30-33,36-37,39-40,45,48,58H,4-7,9-10,12-14,21-23,28-29,34-35,38,41-44,46-47,49-57H2,1-3H3/b11-8-,18-15-,19-16-,20-17-,26-24-,27-25-,32-30-,33-31-,39-36-,40-37-,48-45-/t58-/m0/s1. The van der Waals surface area contributed by atoms with E-state index in [9.17, 15) is 14.4 Å². The Morgan fingerprint density at radius 3 is 1.07 bits per heavy atom. The van der Waals surface area contributed by atoms with Crippen molar-refractivity contribution in [3.8, 4) is 0 Å². The monoisotopic (exact) mass is 925 g/mol. The van der Waals surface area contributed by atoms with Gasteiger partial charge in [0.05, 0.1) is 0 Å². The summed E-state index contributed by atoms with van der Waals surface area (Å²) in [6, 6.07) is 0. The second-order valence-corrected chi connectivity index (χ2v) is 17.0. The van der Waals surface area contributed by atoms with E-state index >= 15 is 0 Å². The number of carbonyl (C=O) groups excluding carboxylic acids is 3. The van der Waals surface area contributed by atoms with Gasteiger partial charge in [0.25, 0.3) is 0 Å². The van der Waals surface area contributed by atoms with Gasteiger partial charge < -0.3 is 14.2 Å². The quantitative estimate of drug-likeness (QED) is 0.0262. The lowest BCUT2D eigenvalue weighted by molar-refractivity contribution is -0.166. The third kappa shape index (κ3) is 52.4. The third-order valence-corrected chi connectivity index (χ3v) is 10.6. The molecule has 0 fully saturated rings. The molecule has 0 aromatic carbocycles. The van der Waals surface area contributed by atoms with Gasteiger partial charge in [-0.2, -0.15) is 0 Å². The van der Waals surface area contributed by atoms with Crippen molar-refractivity contribution in [2.75, 3.05) is 13.2 Å². The Bertz CT molecular complexity index is 1480. The summed E-state index contributed by atoms with van der Waals surface area (Å²) in [5, 5.41) is 0. The summed E-state index contributed by atoms with van der Waals surface area (Å²) in [6.07, 6.45) is 75.9. The predicted octanol–water partition coefficient (Wildman–Crippen LogP) is 17.9. The van der Waals surface area contributed by atoms with Crippen LogP contribution < -0.4 is 0 Å². The first-order chi connectivity index (χ1) is 33.0. The number of ether oxygens (including phenoxy) is 3. The van der Waals surface area contributed by atoms with Crippen LogP contribution in [-0.4, -0.2) is 37.2 Å². The van der Waals surface area contributed by atoms with Gasteiger partial charge in [0.15, 0.2) is 6.10 Å². The molecule has 0 saturated heterocycles. The zero-order chi connectivity index (χ0) is 48.6. The van der Waals surface area contributed by atoms with Gasteiger partial charge in [-0.1, -0.05) is 206 Å². The highest BCUT2D eigenvalue weighted by Gasteiger charge is 2.19. The van der Waals surface area contributed by atoms with Crippen LogP contribution in [0, 0.1) is 0 Å². The van der Waals surface area contributed by atoms with E-state index in [-0.39, 0.29) is 44.0 Å². The van der Waals surface area contributed by atoms with Crippen LogP contribution in [0.4, 0.5) is 0 Å². The van der Waals surface area contributed by atoms with Gasteiger partial charge in [-0.3, -0.25) is 14.4 Å². The van der Waals surface area contributed by atoms with Gasteiger partial charge in [-0.25, -0.2) is 0 Å². The highest BCUT2D eigenvalue weighted by Crippen LogP contribution is 2.11. The van der Waals surface area contributed by atoms with Gasteiger partial charge in [0.1, 0.15) is 13.2 Å². The van der Waals surface area contributed by atoms with E-state index in [0.29, 0.717) is 19.3 Å². The molecule has 67 heavy (non-hydrogen) atoms. The maximum atomic E-state index is 12.8. The first-order valence-corrected chi connectivity index (χ1v) is 26.7. The van der Waals surface area contributed by atoms with Crippen LogP contribution in [0.1, 0.15) is 213 Å². The molecule has 0 saturated carbocycles. The topological polar surface area (TPSA) is 78.9 Å². The lowest BCUT2D eigenvalue weighted by atomic mass is 10.1. The van der Waals surface area contributed by atoms with Gasteiger partial charge >= 0.3 is 17.9 Å². The van der Waals surface area contributed by atoms with Gasteiger partial charge in [-0.05, 0) is 122 Å². The van der Waals surface area contributed by atoms with Crippen LogP contribution in [0.15, 0.2) is 134 Å². The highest BCUT2D eigenvalue weighted by atomic mass is 16.6. The molecule has 1 atom stereocenters. The van der Waals surface area contributed by atoms with E-state index in [1.165, 1.54) is 51.4 Å². The summed E-state index contributed by atoms with van der Waals surface area (Å²) in [4.78, 5) is 38.0. The van der Waals surface area contributed by atoms with Crippen LogP contribution in [0.5, 0.6) is 0 Å². The molecule has 0 bridgehead atoms. The number of hydrogen-bond donors (Lipinski definition) is 0. The van der Waals surface area contributed by atoms with Crippen molar-refractivity contribution >= 4 is 17.9 Å². The molecule has 0 aromatic rings. The highest BCUT2D eigenvalue weighted by molar-refractivity contribution is 5.71. The summed E-state index contributed by atoms with van der Waals surface area (Å²) < 4.78 is 16.7. The summed E-state index contributed by atoms with van der Waals surface area (Å²) in [5.74, 6) is -1.06. The maximum absolute atomic E-state index is 12.8. The van der Waals surface area contributed by atoms with Gasteiger partial charge in [0, 0.05) is 19.3 Å².